The van der Waals surface area contributed by atoms with E-state index in [4.69, 9.17) is 4.74 Å². The minimum absolute atomic E-state index is 0.207. The van der Waals surface area contributed by atoms with Gasteiger partial charge in [-0.05, 0) is 76.7 Å². The summed E-state index contributed by atoms with van der Waals surface area (Å²) in [6.45, 7) is 14.3. The van der Waals surface area contributed by atoms with Crippen LogP contribution < -0.4 is 4.74 Å². The molecule has 0 N–H and O–H groups in total. The molecule has 0 amide bonds. The fourth-order valence-electron chi connectivity index (χ4n) is 5.35. The zero-order chi connectivity index (χ0) is 21.3. The summed E-state index contributed by atoms with van der Waals surface area (Å²) in [5.74, 6) is 2.55. The van der Waals surface area contributed by atoms with Crippen molar-refractivity contribution in [1.29, 1.82) is 0 Å². The van der Waals surface area contributed by atoms with Gasteiger partial charge in [0.1, 0.15) is 17.9 Å². The Morgan fingerprint density at radius 1 is 1.10 bits per heavy atom. The lowest BCUT2D eigenvalue weighted by Gasteiger charge is -2.43. The molecule has 1 aromatic carbocycles. The summed E-state index contributed by atoms with van der Waals surface area (Å²) >= 11 is 0. The van der Waals surface area contributed by atoms with Crippen LogP contribution in [0.1, 0.15) is 57.8 Å². The number of benzene rings is 1. The number of piperidine rings is 1. The molecule has 30 heavy (non-hydrogen) atoms. The van der Waals surface area contributed by atoms with Gasteiger partial charge in [-0.15, -0.1) is 10.2 Å². The highest BCUT2D eigenvalue weighted by molar-refractivity contribution is 5.28. The van der Waals surface area contributed by atoms with Crippen LogP contribution in [0.4, 0.5) is 0 Å². The molecule has 6 heteroatoms. The van der Waals surface area contributed by atoms with E-state index in [2.05, 4.69) is 83.6 Å². The van der Waals surface area contributed by atoms with Crippen molar-refractivity contribution in [2.75, 3.05) is 26.2 Å². The van der Waals surface area contributed by atoms with E-state index < -0.39 is 0 Å². The molecule has 1 aromatic heterocycles. The molecule has 6 nitrogen and oxygen atoms in total. The Morgan fingerprint density at radius 3 is 2.37 bits per heavy atom. The van der Waals surface area contributed by atoms with Crippen molar-refractivity contribution in [3.05, 3.63) is 42.0 Å². The number of nitrogens with zero attached hydrogens (tertiary/aromatic N) is 5. The molecule has 2 saturated heterocycles. The SMILES string of the molecule is CC(C)Oc1ccc(CN2CC(c3nncn3C)C3(CCN(C(C)C)CC3)C2)cc1. The summed E-state index contributed by atoms with van der Waals surface area (Å²) < 4.78 is 7.93. The van der Waals surface area contributed by atoms with Gasteiger partial charge in [-0.1, -0.05) is 12.1 Å². The molecule has 0 aliphatic carbocycles. The van der Waals surface area contributed by atoms with Crippen molar-refractivity contribution in [2.24, 2.45) is 12.5 Å². The quantitative estimate of drug-likeness (QED) is 0.725. The van der Waals surface area contributed by atoms with E-state index in [1.807, 2.05) is 6.33 Å². The molecule has 0 bridgehead atoms. The van der Waals surface area contributed by atoms with Gasteiger partial charge in [-0.2, -0.15) is 0 Å². The van der Waals surface area contributed by atoms with Gasteiger partial charge in [0.25, 0.3) is 0 Å². The van der Waals surface area contributed by atoms with E-state index in [1.165, 1.54) is 31.5 Å². The first kappa shape index (κ1) is 21.3. The van der Waals surface area contributed by atoms with Crippen LogP contribution in [0.2, 0.25) is 0 Å². The first-order chi connectivity index (χ1) is 14.4. The maximum absolute atomic E-state index is 5.80. The molecule has 4 rings (SSSR count). The lowest BCUT2D eigenvalue weighted by atomic mass is 9.70. The van der Waals surface area contributed by atoms with Crippen LogP contribution in [0.25, 0.3) is 0 Å². The molecule has 3 heterocycles. The van der Waals surface area contributed by atoms with E-state index in [0.29, 0.717) is 17.4 Å². The zero-order valence-corrected chi connectivity index (χ0v) is 19.2. The molecular weight excluding hydrogens is 374 g/mol. The van der Waals surface area contributed by atoms with E-state index in [9.17, 15) is 0 Å². The predicted octanol–water partition coefficient (Wildman–Crippen LogP) is 3.69. The number of aryl methyl sites for hydroxylation is 1. The normalized spacial score (nSPS) is 22.4. The first-order valence-electron chi connectivity index (χ1n) is 11.4. The van der Waals surface area contributed by atoms with Crippen LogP contribution in [0.3, 0.4) is 0 Å². The Kier molecular flexibility index (Phi) is 6.16. The zero-order valence-electron chi connectivity index (χ0n) is 19.2. The average Bonchev–Trinajstić information content (AvgIpc) is 3.26. The maximum atomic E-state index is 5.80. The highest BCUT2D eigenvalue weighted by Gasteiger charge is 2.50. The second kappa shape index (κ2) is 8.67. The standard InChI is InChI=1S/C24H37N5O/c1-18(2)29-12-10-24(11-13-29)16-28(15-22(24)23-26-25-17-27(23)5)14-20-6-8-21(9-7-20)30-19(3)4/h6-9,17-19,22H,10-16H2,1-5H3. The lowest BCUT2D eigenvalue weighted by Crippen LogP contribution is -2.46. The Labute approximate surface area is 181 Å². The lowest BCUT2D eigenvalue weighted by molar-refractivity contribution is 0.0748. The van der Waals surface area contributed by atoms with Gasteiger partial charge in [0.05, 0.1) is 6.10 Å². The Bertz CT molecular complexity index is 820. The van der Waals surface area contributed by atoms with Crippen molar-refractivity contribution in [3.8, 4) is 5.75 Å². The number of likely N-dealkylation sites (tertiary alicyclic amines) is 2. The van der Waals surface area contributed by atoms with Crippen molar-refractivity contribution in [2.45, 2.75) is 65.1 Å². The molecule has 1 spiro atoms. The first-order valence-corrected chi connectivity index (χ1v) is 11.4. The topological polar surface area (TPSA) is 46.4 Å². The summed E-state index contributed by atoms with van der Waals surface area (Å²) in [7, 11) is 2.09. The van der Waals surface area contributed by atoms with Crippen LogP contribution >= 0.6 is 0 Å². The Balaban J connectivity index is 1.50. The van der Waals surface area contributed by atoms with Gasteiger partial charge >= 0.3 is 0 Å². The fraction of sp³-hybridized carbons (Fsp3) is 0.667. The van der Waals surface area contributed by atoms with Crippen molar-refractivity contribution in [3.63, 3.8) is 0 Å². The molecule has 2 aliphatic rings. The van der Waals surface area contributed by atoms with Gasteiger partial charge in [0.2, 0.25) is 0 Å². The van der Waals surface area contributed by atoms with Crippen molar-refractivity contribution < 1.29 is 4.74 Å². The third kappa shape index (κ3) is 4.40. The highest BCUT2D eigenvalue weighted by atomic mass is 16.5. The second-order valence-electron chi connectivity index (χ2n) is 9.82. The van der Waals surface area contributed by atoms with Crippen LogP contribution in [0.15, 0.2) is 30.6 Å². The van der Waals surface area contributed by atoms with Gasteiger partial charge in [0.15, 0.2) is 0 Å². The number of hydrogen-bond donors (Lipinski definition) is 0. The summed E-state index contributed by atoms with van der Waals surface area (Å²) in [6, 6.07) is 9.24. The summed E-state index contributed by atoms with van der Waals surface area (Å²) in [5, 5.41) is 8.74. The summed E-state index contributed by atoms with van der Waals surface area (Å²) in [6.07, 6.45) is 4.53. The maximum Gasteiger partial charge on any atom is 0.137 e. The van der Waals surface area contributed by atoms with E-state index >= 15 is 0 Å². The van der Waals surface area contributed by atoms with E-state index in [1.54, 1.807) is 0 Å². The molecule has 2 aromatic rings. The summed E-state index contributed by atoms with van der Waals surface area (Å²) in [5.41, 5.74) is 1.65. The third-order valence-corrected chi connectivity index (χ3v) is 7.00. The van der Waals surface area contributed by atoms with Crippen LogP contribution in [-0.4, -0.2) is 62.9 Å². The van der Waals surface area contributed by atoms with Gasteiger partial charge in [0, 0.05) is 38.6 Å². The Hall–Kier alpha value is -1.92. The van der Waals surface area contributed by atoms with Crippen molar-refractivity contribution in [1.82, 2.24) is 24.6 Å². The molecule has 0 radical (unpaired) electrons. The monoisotopic (exact) mass is 411 g/mol. The summed E-state index contributed by atoms with van der Waals surface area (Å²) in [4.78, 5) is 5.25. The molecule has 1 atom stereocenters. The van der Waals surface area contributed by atoms with Crippen LogP contribution in [0.5, 0.6) is 5.75 Å². The average molecular weight is 412 g/mol. The minimum Gasteiger partial charge on any atom is -0.491 e. The molecule has 1 unspecified atom stereocenters. The molecule has 0 saturated carbocycles. The number of aromatic nitrogens is 3. The fourth-order valence-corrected chi connectivity index (χ4v) is 5.35. The number of hydrogen-bond acceptors (Lipinski definition) is 5. The van der Waals surface area contributed by atoms with Gasteiger partial charge in [-0.3, -0.25) is 4.90 Å². The molecule has 2 aliphatic heterocycles. The number of ether oxygens (including phenoxy) is 1. The van der Waals surface area contributed by atoms with E-state index in [0.717, 1.165) is 31.2 Å². The third-order valence-electron chi connectivity index (χ3n) is 7.00. The van der Waals surface area contributed by atoms with Crippen molar-refractivity contribution >= 4 is 0 Å². The molecule has 2 fully saturated rings. The second-order valence-corrected chi connectivity index (χ2v) is 9.82. The van der Waals surface area contributed by atoms with E-state index in [-0.39, 0.29) is 6.10 Å². The minimum atomic E-state index is 0.207. The van der Waals surface area contributed by atoms with Gasteiger partial charge < -0.3 is 14.2 Å². The van der Waals surface area contributed by atoms with Gasteiger partial charge in [-0.25, -0.2) is 0 Å². The molecule has 164 valence electrons. The van der Waals surface area contributed by atoms with Crippen LogP contribution in [-0.2, 0) is 13.6 Å². The molecular formula is C24H37N5O. The van der Waals surface area contributed by atoms with Crippen LogP contribution in [0, 0.1) is 5.41 Å². The largest absolute Gasteiger partial charge is 0.491 e. The highest BCUT2D eigenvalue weighted by Crippen LogP contribution is 2.49. The smallest absolute Gasteiger partial charge is 0.137 e. The number of rotatable bonds is 6. The predicted molar refractivity (Wildman–Crippen MR) is 120 cm³/mol. The Morgan fingerprint density at radius 2 is 1.80 bits per heavy atom.